The zero-order valence-corrected chi connectivity index (χ0v) is 21.9. The first kappa shape index (κ1) is 25.0. The van der Waals surface area contributed by atoms with E-state index in [1.165, 1.54) is 11.1 Å². The summed E-state index contributed by atoms with van der Waals surface area (Å²) in [7, 11) is 0. The van der Waals surface area contributed by atoms with Crippen LogP contribution in [0.3, 0.4) is 0 Å². The number of aromatic nitrogens is 5. The lowest BCUT2D eigenvalue weighted by atomic mass is 9.73. The third kappa shape index (κ3) is 3.78. The Morgan fingerprint density at radius 1 is 1.15 bits per heavy atom. The van der Waals surface area contributed by atoms with Crippen LogP contribution >= 0.6 is 0 Å². The maximum absolute atomic E-state index is 14.1. The zero-order chi connectivity index (χ0) is 27.8. The number of alkyl halides is 3. The van der Waals surface area contributed by atoms with Crippen molar-refractivity contribution in [1.29, 1.82) is 0 Å². The van der Waals surface area contributed by atoms with Crippen molar-refractivity contribution < 1.29 is 13.2 Å². The Kier molecular flexibility index (Phi) is 5.47. The second-order valence-corrected chi connectivity index (χ2v) is 11.2. The maximum atomic E-state index is 14.1. The van der Waals surface area contributed by atoms with E-state index < -0.39 is 17.3 Å². The second-order valence-electron chi connectivity index (χ2n) is 11.2. The molecule has 2 aliphatic carbocycles. The molecule has 1 saturated heterocycles. The summed E-state index contributed by atoms with van der Waals surface area (Å²) < 4.78 is 42.2. The Hall–Kier alpha value is -3.99. The number of pyridine rings is 1. The van der Waals surface area contributed by atoms with Crippen molar-refractivity contribution in [1.82, 2.24) is 25.1 Å². The summed E-state index contributed by atoms with van der Waals surface area (Å²) in [4.78, 5) is 27.3. The van der Waals surface area contributed by atoms with Crippen molar-refractivity contribution in [3.8, 4) is 0 Å². The highest BCUT2D eigenvalue weighted by Gasteiger charge is 2.46. The maximum Gasteiger partial charge on any atom is 0.417 e. The molecule has 1 atom stereocenters. The van der Waals surface area contributed by atoms with Crippen LogP contribution < -0.4 is 16.2 Å². The Labute approximate surface area is 227 Å². The van der Waals surface area contributed by atoms with Crippen molar-refractivity contribution in [3.05, 3.63) is 86.1 Å². The molecule has 0 bridgehead atoms. The average molecular weight is 548 g/mol. The van der Waals surface area contributed by atoms with Crippen LogP contribution in [0.5, 0.6) is 0 Å². The highest BCUT2D eigenvalue weighted by atomic mass is 19.4. The second kappa shape index (κ2) is 8.76. The number of hydrogen-bond donors (Lipinski definition) is 3. The molecule has 0 saturated carbocycles. The number of fused-ring (bicyclic) bond motifs is 3. The molecule has 40 heavy (non-hydrogen) atoms. The summed E-state index contributed by atoms with van der Waals surface area (Å²) in [5.74, 6) is 0.415. The van der Waals surface area contributed by atoms with Gasteiger partial charge in [0.25, 0.3) is 5.56 Å². The number of nitrogens with one attached hydrogen (secondary N) is 2. The lowest BCUT2D eigenvalue weighted by molar-refractivity contribution is -0.137. The standard InChI is InChI=1S/C29H28F3N7O/c1-15-13-19(29(30,31)32)21-18(7-4-8-20(21)34-15)23-22-25(38-37-23)35-27(36-26(22)40)39-11-9-28(10-12-39)14-16-5-2-3-6-17(16)24(28)33/h2-3,5-7,13,24H,4,8-12,14,33H2,1H3,(H2,35,36,37,38,40)/t24-/m1/s1. The molecule has 0 radical (unpaired) electrons. The van der Waals surface area contributed by atoms with Crippen molar-refractivity contribution in [2.45, 2.75) is 51.2 Å². The summed E-state index contributed by atoms with van der Waals surface area (Å²) in [6.07, 6.45) is 0.656. The largest absolute Gasteiger partial charge is 0.417 e. The zero-order valence-electron chi connectivity index (χ0n) is 21.9. The molecule has 3 aliphatic rings. The summed E-state index contributed by atoms with van der Waals surface area (Å²) in [5.41, 5.74) is 9.27. The van der Waals surface area contributed by atoms with Crippen LogP contribution in [-0.2, 0) is 19.0 Å². The van der Waals surface area contributed by atoms with Crippen LogP contribution in [0.25, 0.3) is 16.6 Å². The molecule has 8 nitrogen and oxygen atoms in total. The van der Waals surface area contributed by atoms with E-state index in [1.807, 2.05) is 17.0 Å². The quantitative estimate of drug-likeness (QED) is 0.338. The van der Waals surface area contributed by atoms with E-state index in [4.69, 9.17) is 5.73 Å². The topological polar surface area (TPSA) is 117 Å². The van der Waals surface area contributed by atoms with Crippen molar-refractivity contribution in [2.24, 2.45) is 11.1 Å². The molecule has 0 unspecified atom stereocenters. The third-order valence-electron chi connectivity index (χ3n) is 8.85. The summed E-state index contributed by atoms with van der Waals surface area (Å²) in [6, 6.07) is 9.35. The summed E-state index contributed by atoms with van der Waals surface area (Å²) >= 11 is 0. The first-order valence-electron chi connectivity index (χ1n) is 13.5. The van der Waals surface area contributed by atoms with Crippen LogP contribution in [0.4, 0.5) is 19.1 Å². The Morgan fingerprint density at radius 2 is 1.93 bits per heavy atom. The minimum atomic E-state index is -4.58. The lowest BCUT2D eigenvalue weighted by Gasteiger charge is -2.42. The minimum absolute atomic E-state index is 0.0172. The molecule has 4 aromatic rings. The highest BCUT2D eigenvalue weighted by Crippen LogP contribution is 2.51. The number of aromatic amines is 2. The van der Waals surface area contributed by atoms with Gasteiger partial charge in [-0.3, -0.25) is 19.9 Å². The fraction of sp³-hybridized carbons (Fsp3) is 0.379. The number of hydrogen-bond acceptors (Lipinski definition) is 6. The van der Waals surface area contributed by atoms with Gasteiger partial charge in [0.2, 0.25) is 5.95 Å². The first-order valence-corrected chi connectivity index (χ1v) is 13.5. The van der Waals surface area contributed by atoms with Gasteiger partial charge in [-0.15, -0.1) is 0 Å². The van der Waals surface area contributed by atoms with E-state index in [2.05, 4.69) is 37.3 Å². The smallest absolute Gasteiger partial charge is 0.342 e. The molecule has 1 aliphatic heterocycles. The molecule has 4 N–H and O–H groups in total. The van der Waals surface area contributed by atoms with E-state index in [1.54, 1.807) is 13.0 Å². The number of halogens is 3. The fourth-order valence-electron chi connectivity index (χ4n) is 6.85. The molecule has 1 aromatic carbocycles. The van der Waals surface area contributed by atoms with E-state index >= 15 is 0 Å². The molecular weight excluding hydrogens is 519 g/mol. The number of piperidine rings is 1. The molecular formula is C29H28F3N7O. The molecule has 206 valence electrons. The van der Waals surface area contributed by atoms with E-state index in [0.717, 1.165) is 25.3 Å². The van der Waals surface area contributed by atoms with Gasteiger partial charge in [0.05, 0.1) is 5.56 Å². The van der Waals surface area contributed by atoms with Gasteiger partial charge in [-0.2, -0.15) is 23.3 Å². The van der Waals surface area contributed by atoms with Gasteiger partial charge >= 0.3 is 6.18 Å². The van der Waals surface area contributed by atoms with Crippen LogP contribution in [-0.4, -0.2) is 38.2 Å². The predicted octanol–water partition coefficient (Wildman–Crippen LogP) is 4.59. The number of allylic oxidation sites excluding steroid dienone is 1. The molecule has 4 heterocycles. The van der Waals surface area contributed by atoms with Gasteiger partial charge in [0, 0.05) is 41.7 Å². The summed E-state index contributed by atoms with van der Waals surface area (Å²) in [6.45, 7) is 2.90. The Morgan fingerprint density at radius 3 is 2.67 bits per heavy atom. The van der Waals surface area contributed by atoms with Gasteiger partial charge in [-0.25, -0.2) is 0 Å². The Balaban J connectivity index is 1.21. The highest BCUT2D eigenvalue weighted by molar-refractivity contribution is 5.95. The van der Waals surface area contributed by atoms with Gasteiger partial charge in [-0.1, -0.05) is 30.3 Å². The van der Waals surface area contributed by atoms with Crippen LogP contribution in [0.2, 0.25) is 0 Å². The van der Waals surface area contributed by atoms with Gasteiger partial charge < -0.3 is 10.6 Å². The normalized spacial score (nSPS) is 20.1. The Bertz CT molecular complexity index is 1740. The number of nitrogens with two attached hydrogens (primary N) is 1. The van der Waals surface area contributed by atoms with Crippen LogP contribution in [0, 0.1) is 12.3 Å². The number of anilines is 1. The molecule has 1 fully saturated rings. The molecule has 3 aromatic heterocycles. The van der Waals surface area contributed by atoms with Crippen LogP contribution in [0.15, 0.2) is 41.2 Å². The molecule has 11 heteroatoms. The predicted molar refractivity (Wildman–Crippen MR) is 145 cm³/mol. The fourth-order valence-corrected chi connectivity index (χ4v) is 6.85. The third-order valence-corrected chi connectivity index (χ3v) is 8.85. The summed E-state index contributed by atoms with van der Waals surface area (Å²) in [5, 5.41) is 7.24. The lowest BCUT2D eigenvalue weighted by Crippen LogP contribution is -2.45. The number of H-pyrrole nitrogens is 2. The average Bonchev–Trinajstić information content (AvgIpc) is 3.47. The van der Waals surface area contributed by atoms with Gasteiger partial charge in [0.1, 0.15) is 11.1 Å². The monoisotopic (exact) mass is 547 g/mol. The molecule has 0 amide bonds. The van der Waals surface area contributed by atoms with Crippen molar-refractivity contribution in [2.75, 3.05) is 18.0 Å². The number of benzene rings is 1. The van der Waals surface area contributed by atoms with Crippen molar-refractivity contribution in [3.63, 3.8) is 0 Å². The van der Waals surface area contributed by atoms with Crippen LogP contribution in [0.1, 0.15) is 64.6 Å². The minimum Gasteiger partial charge on any atom is -0.342 e. The number of aryl methyl sites for hydroxylation is 2. The van der Waals surface area contributed by atoms with E-state index in [9.17, 15) is 18.0 Å². The number of nitrogens with zero attached hydrogens (tertiary/aromatic N) is 4. The SMILES string of the molecule is Cc1cc(C(F)(F)F)c2c(n1)CCC=C2c1n[nH]c2nc(N3CCC4(CC3)Cc3ccccc3[C@H]4N)[nH]c(=O)c12. The molecule has 7 rings (SSSR count). The van der Waals surface area contributed by atoms with E-state index in [0.29, 0.717) is 43.3 Å². The number of rotatable bonds is 2. The van der Waals surface area contributed by atoms with Crippen molar-refractivity contribution >= 4 is 22.6 Å². The molecule has 1 spiro atoms. The van der Waals surface area contributed by atoms with Gasteiger partial charge in [-0.05, 0) is 61.6 Å². The van der Waals surface area contributed by atoms with Gasteiger partial charge in [0.15, 0.2) is 5.65 Å². The van der Waals surface area contributed by atoms with E-state index in [-0.39, 0.29) is 39.3 Å². The first-order chi connectivity index (χ1) is 19.1.